The summed E-state index contributed by atoms with van der Waals surface area (Å²) in [6.07, 6.45) is 1.23. The lowest BCUT2D eigenvalue weighted by molar-refractivity contribution is -0.137. The van der Waals surface area contributed by atoms with Crippen molar-refractivity contribution in [3.8, 4) is 11.5 Å². The van der Waals surface area contributed by atoms with E-state index in [4.69, 9.17) is 9.63 Å². The highest BCUT2D eigenvalue weighted by atomic mass is 16.5. The van der Waals surface area contributed by atoms with Gasteiger partial charge in [-0.25, -0.2) is 0 Å². The third-order valence-electron chi connectivity index (χ3n) is 3.60. The van der Waals surface area contributed by atoms with Crippen LogP contribution in [0.1, 0.15) is 56.2 Å². The van der Waals surface area contributed by atoms with Crippen LogP contribution in [-0.4, -0.2) is 33.7 Å². The molecule has 0 radical (unpaired) electrons. The van der Waals surface area contributed by atoms with E-state index >= 15 is 0 Å². The molecule has 0 saturated heterocycles. The number of amides is 1. The molecule has 0 aliphatic rings. The minimum atomic E-state index is -0.831. The van der Waals surface area contributed by atoms with E-state index in [1.807, 2.05) is 20.8 Å². The van der Waals surface area contributed by atoms with Gasteiger partial charge in [-0.2, -0.15) is 4.98 Å². The van der Waals surface area contributed by atoms with Crippen LogP contribution in [0, 0.1) is 0 Å². The molecule has 1 aromatic heterocycles. The smallest absolute Gasteiger partial charge is 0.303 e. The summed E-state index contributed by atoms with van der Waals surface area (Å²) in [6, 6.07) is 7.03. The van der Waals surface area contributed by atoms with Crippen LogP contribution >= 0.6 is 0 Å². The number of carboxylic acid groups (broad SMARTS) is 1. The molecular formula is C18H23N3O4. The SMILES string of the molecule is CC(C)(C)c1noc(-c2ccccc2C(=O)NCCCCC(=O)O)n1. The van der Waals surface area contributed by atoms with Crippen molar-refractivity contribution < 1.29 is 19.2 Å². The summed E-state index contributed by atoms with van der Waals surface area (Å²) in [4.78, 5) is 27.3. The van der Waals surface area contributed by atoms with Gasteiger partial charge in [0.15, 0.2) is 5.82 Å². The predicted octanol–water partition coefficient (Wildman–Crippen LogP) is 3.02. The fourth-order valence-corrected chi connectivity index (χ4v) is 2.20. The normalized spacial score (nSPS) is 11.3. The minimum absolute atomic E-state index is 0.101. The van der Waals surface area contributed by atoms with Crippen molar-refractivity contribution in [1.82, 2.24) is 15.5 Å². The molecule has 0 aliphatic carbocycles. The van der Waals surface area contributed by atoms with Crippen molar-refractivity contribution in [2.24, 2.45) is 0 Å². The van der Waals surface area contributed by atoms with E-state index in [1.54, 1.807) is 24.3 Å². The number of carbonyl (C=O) groups is 2. The molecule has 0 unspecified atom stereocenters. The van der Waals surface area contributed by atoms with Gasteiger partial charge < -0.3 is 14.9 Å². The van der Waals surface area contributed by atoms with Crippen LogP contribution in [0.4, 0.5) is 0 Å². The summed E-state index contributed by atoms with van der Waals surface area (Å²) < 4.78 is 5.33. The number of hydrogen-bond acceptors (Lipinski definition) is 5. The number of aliphatic carboxylic acids is 1. The molecule has 0 fully saturated rings. The van der Waals surface area contributed by atoms with E-state index in [0.717, 1.165) is 0 Å². The molecule has 2 aromatic rings. The van der Waals surface area contributed by atoms with Gasteiger partial charge in [-0.05, 0) is 25.0 Å². The Morgan fingerprint density at radius 3 is 2.56 bits per heavy atom. The molecule has 0 spiro atoms. The summed E-state index contributed by atoms with van der Waals surface area (Å²) in [5.41, 5.74) is 0.779. The van der Waals surface area contributed by atoms with Crippen molar-refractivity contribution in [3.63, 3.8) is 0 Å². The second-order valence-electron chi connectivity index (χ2n) is 6.83. The molecule has 1 heterocycles. The van der Waals surface area contributed by atoms with Crippen LogP contribution in [0.15, 0.2) is 28.8 Å². The van der Waals surface area contributed by atoms with Crippen molar-refractivity contribution in [3.05, 3.63) is 35.7 Å². The highest BCUT2D eigenvalue weighted by molar-refractivity contribution is 5.99. The monoisotopic (exact) mass is 345 g/mol. The Morgan fingerprint density at radius 2 is 1.92 bits per heavy atom. The Bertz CT molecular complexity index is 747. The summed E-state index contributed by atoms with van der Waals surface area (Å²) in [7, 11) is 0. The Balaban J connectivity index is 2.08. The largest absolute Gasteiger partial charge is 0.481 e. The van der Waals surface area contributed by atoms with E-state index < -0.39 is 5.97 Å². The zero-order chi connectivity index (χ0) is 18.4. The number of nitrogens with one attached hydrogen (secondary N) is 1. The van der Waals surface area contributed by atoms with Gasteiger partial charge in [0.2, 0.25) is 0 Å². The van der Waals surface area contributed by atoms with Gasteiger partial charge in [0.05, 0.1) is 11.1 Å². The van der Waals surface area contributed by atoms with Crippen LogP contribution in [0.2, 0.25) is 0 Å². The Labute approximate surface area is 146 Å². The molecule has 0 aliphatic heterocycles. The van der Waals surface area contributed by atoms with E-state index in [0.29, 0.717) is 42.2 Å². The average Bonchev–Trinajstić information content (AvgIpc) is 3.04. The fraction of sp³-hybridized carbons (Fsp3) is 0.444. The summed E-state index contributed by atoms with van der Waals surface area (Å²) in [5.74, 6) is -0.197. The van der Waals surface area contributed by atoms with Crippen molar-refractivity contribution in [2.45, 2.75) is 45.4 Å². The molecule has 1 amide bonds. The quantitative estimate of drug-likeness (QED) is 0.747. The highest BCUT2D eigenvalue weighted by Crippen LogP contribution is 2.26. The second-order valence-corrected chi connectivity index (χ2v) is 6.83. The molecule has 0 atom stereocenters. The zero-order valence-electron chi connectivity index (χ0n) is 14.7. The number of benzene rings is 1. The number of aromatic nitrogens is 2. The summed E-state index contributed by atoms with van der Waals surface area (Å²) in [5, 5.41) is 15.4. The number of unbranched alkanes of at least 4 members (excludes halogenated alkanes) is 1. The van der Waals surface area contributed by atoms with Gasteiger partial charge >= 0.3 is 5.97 Å². The highest BCUT2D eigenvalue weighted by Gasteiger charge is 2.23. The van der Waals surface area contributed by atoms with Gasteiger partial charge in [0.25, 0.3) is 11.8 Å². The number of carboxylic acids is 1. The fourth-order valence-electron chi connectivity index (χ4n) is 2.20. The number of nitrogens with zero attached hydrogens (tertiary/aromatic N) is 2. The van der Waals surface area contributed by atoms with Gasteiger partial charge in [-0.1, -0.05) is 38.1 Å². The number of hydrogen-bond donors (Lipinski definition) is 2. The van der Waals surface area contributed by atoms with Crippen LogP contribution in [-0.2, 0) is 10.2 Å². The lowest BCUT2D eigenvalue weighted by Crippen LogP contribution is -2.25. The molecule has 7 nitrogen and oxygen atoms in total. The first kappa shape index (κ1) is 18.6. The second kappa shape index (κ2) is 7.92. The van der Waals surface area contributed by atoms with Crippen LogP contribution in [0.3, 0.4) is 0 Å². The first-order chi connectivity index (χ1) is 11.8. The van der Waals surface area contributed by atoms with E-state index in [-0.39, 0.29) is 17.7 Å². The van der Waals surface area contributed by atoms with E-state index in [1.165, 1.54) is 0 Å². The average molecular weight is 345 g/mol. The van der Waals surface area contributed by atoms with Gasteiger partial charge in [-0.15, -0.1) is 0 Å². The minimum Gasteiger partial charge on any atom is -0.481 e. The lowest BCUT2D eigenvalue weighted by Gasteiger charge is -2.11. The summed E-state index contributed by atoms with van der Waals surface area (Å²) >= 11 is 0. The first-order valence-electron chi connectivity index (χ1n) is 8.22. The topological polar surface area (TPSA) is 105 Å². The Kier molecular flexibility index (Phi) is 5.90. The van der Waals surface area contributed by atoms with Crippen molar-refractivity contribution in [2.75, 3.05) is 6.54 Å². The van der Waals surface area contributed by atoms with E-state index in [2.05, 4.69) is 15.5 Å². The van der Waals surface area contributed by atoms with Gasteiger partial charge in [0, 0.05) is 18.4 Å². The maximum absolute atomic E-state index is 12.4. The Morgan fingerprint density at radius 1 is 1.20 bits per heavy atom. The standard InChI is InChI=1S/C18H23N3O4/c1-18(2,3)17-20-16(25-21-17)13-9-5-4-8-12(13)15(24)19-11-7-6-10-14(22)23/h4-5,8-9H,6-7,10-11H2,1-3H3,(H,19,24)(H,22,23). The predicted molar refractivity (Wildman–Crippen MR) is 92.3 cm³/mol. The van der Waals surface area contributed by atoms with Crippen molar-refractivity contribution >= 4 is 11.9 Å². The maximum Gasteiger partial charge on any atom is 0.303 e. The number of carbonyl (C=O) groups excluding carboxylic acids is 1. The van der Waals surface area contributed by atoms with Gasteiger partial charge in [0.1, 0.15) is 0 Å². The third kappa shape index (κ3) is 5.14. The third-order valence-corrected chi connectivity index (χ3v) is 3.60. The van der Waals surface area contributed by atoms with Gasteiger partial charge in [-0.3, -0.25) is 9.59 Å². The molecule has 25 heavy (non-hydrogen) atoms. The Hall–Kier alpha value is -2.70. The molecule has 2 N–H and O–H groups in total. The molecule has 0 bridgehead atoms. The first-order valence-corrected chi connectivity index (χ1v) is 8.22. The number of rotatable bonds is 7. The molecular weight excluding hydrogens is 322 g/mol. The molecule has 2 rings (SSSR count). The lowest BCUT2D eigenvalue weighted by atomic mass is 9.96. The van der Waals surface area contributed by atoms with Crippen LogP contribution in [0.5, 0.6) is 0 Å². The molecule has 1 aromatic carbocycles. The summed E-state index contributed by atoms with van der Waals surface area (Å²) in [6.45, 7) is 6.36. The maximum atomic E-state index is 12.4. The zero-order valence-corrected chi connectivity index (χ0v) is 14.7. The van der Waals surface area contributed by atoms with Crippen LogP contribution < -0.4 is 5.32 Å². The molecule has 134 valence electrons. The molecule has 0 saturated carbocycles. The van der Waals surface area contributed by atoms with Crippen molar-refractivity contribution in [1.29, 1.82) is 0 Å². The van der Waals surface area contributed by atoms with Crippen LogP contribution in [0.25, 0.3) is 11.5 Å². The molecule has 7 heteroatoms. The van der Waals surface area contributed by atoms with E-state index in [9.17, 15) is 9.59 Å².